The van der Waals surface area contributed by atoms with Gasteiger partial charge < -0.3 is 9.84 Å². The second kappa shape index (κ2) is 8.90. The third-order valence-corrected chi connectivity index (χ3v) is 7.84. The third-order valence-electron chi connectivity index (χ3n) is 5.52. The lowest BCUT2D eigenvalue weighted by Crippen LogP contribution is -2.29. The first-order valence-electron chi connectivity index (χ1n) is 10.1. The van der Waals surface area contributed by atoms with Crippen LogP contribution in [0.5, 0.6) is 5.75 Å². The molecule has 0 saturated heterocycles. The Morgan fingerprint density at radius 3 is 2.47 bits per heavy atom. The number of hydrogen-bond donors (Lipinski definition) is 2. The van der Waals surface area contributed by atoms with Gasteiger partial charge in [0.25, 0.3) is 10.0 Å². The fraction of sp³-hybridized carbons (Fsp3) is 0.391. The molecule has 7 nitrogen and oxygen atoms in total. The van der Waals surface area contributed by atoms with Gasteiger partial charge in [0.1, 0.15) is 17.9 Å². The van der Waals surface area contributed by atoms with Crippen molar-refractivity contribution < 1.29 is 23.1 Å². The molecule has 2 N–H and O–H groups in total. The number of hydrogen-bond acceptors (Lipinski definition) is 5. The smallest absolute Gasteiger partial charge is 0.335 e. The normalized spacial score (nSPS) is 15.0. The van der Waals surface area contributed by atoms with Gasteiger partial charge in [0.05, 0.1) is 21.7 Å². The molecule has 0 aliphatic heterocycles. The quantitative estimate of drug-likeness (QED) is 0.435. The number of benzene rings is 2. The van der Waals surface area contributed by atoms with Crippen LogP contribution in [-0.2, 0) is 10.0 Å². The maximum absolute atomic E-state index is 13.4. The van der Waals surface area contributed by atoms with E-state index in [1.807, 2.05) is 50.3 Å². The molecule has 0 spiro atoms. The first-order valence-corrected chi connectivity index (χ1v) is 12.7. The molecular formula is C23H25IN2O5S. The van der Waals surface area contributed by atoms with Crippen molar-refractivity contribution in [3.63, 3.8) is 0 Å². The topological polar surface area (TPSA) is 116 Å². The van der Waals surface area contributed by atoms with Crippen molar-refractivity contribution in [1.29, 1.82) is 5.26 Å². The van der Waals surface area contributed by atoms with Gasteiger partial charge in [-0.1, -0.05) is 26.8 Å². The minimum atomic E-state index is -4.14. The van der Waals surface area contributed by atoms with Gasteiger partial charge in [0, 0.05) is 3.57 Å². The molecular weight excluding hydrogens is 543 g/mol. The predicted molar refractivity (Wildman–Crippen MR) is 130 cm³/mol. The van der Waals surface area contributed by atoms with E-state index in [9.17, 15) is 23.6 Å². The van der Waals surface area contributed by atoms with Crippen LogP contribution in [0.4, 0.5) is 5.69 Å². The Bertz CT molecular complexity index is 1210. The lowest BCUT2D eigenvalue weighted by Gasteiger charge is -2.29. The monoisotopic (exact) mass is 568 g/mol. The maximum atomic E-state index is 13.4. The molecule has 0 heterocycles. The maximum Gasteiger partial charge on any atom is 0.335 e. The van der Waals surface area contributed by atoms with E-state index in [4.69, 9.17) is 4.74 Å². The van der Waals surface area contributed by atoms with E-state index < -0.39 is 16.0 Å². The Kier molecular flexibility index (Phi) is 6.77. The largest absolute Gasteiger partial charge is 0.488 e. The summed E-state index contributed by atoms with van der Waals surface area (Å²) in [5.74, 6) is -0.804. The average Bonchev–Trinajstić information content (AvgIpc) is 3.53. The molecule has 9 heteroatoms. The zero-order valence-corrected chi connectivity index (χ0v) is 21.2. The van der Waals surface area contributed by atoms with Crippen LogP contribution in [0, 0.1) is 20.3 Å². The first kappa shape index (κ1) is 24.3. The van der Waals surface area contributed by atoms with Crippen LogP contribution in [0.15, 0.2) is 35.2 Å². The van der Waals surface area contributed by atoms with E-state index in [0.717, 1.165) is 12.8 Å². The summed E-state index contributed by atoms with van der Waals surface area (Å²) in [6.45, 7) is 7.92. The van der Waals surface area contributed by atoms with Gasteiger partial charge in [0.2, 0.25) is 0 Å². The molecule has 32 heavy (non-hydrogen) atoms. The number of carboxylic acids is 1. The Balaban J connectivity index is 2.08. The van der Waals surface area contributed by atoms with E-state index in [1.165, 1.54) is 18.2 Å². The number of ether oxygens (including phenoxy) is 1. The van der Waals surface area contributed by atoms with Gasteiger partial charge in [0.15, 0.2) is 0 Å². The van der Waals surface area contributed by atoms with Gasteiger partial charge in [-0.25, -0.2) is 13.2 Å². The number of nitrogens with zero attached hydrogens (tertiary/aromatic N) is 1. The molecule has 1 saturated carbocycles. The highest BCUT2D eigenvalue weighted by Gasteiger charge is 2.32. The Morgan fingerprint density at radius 2 is 1.94 bits per heavy atom. The SMILES string of the molecule is CC(Oc1cc(I)c(C#N)cc1NS(=O)(=O)c1cc(C(=O)O)ccc1C1CC1)C(C)(C)C. The number of carboxylic acid groups (broad SMARTS) is 1. The standard InChI is InChI=1S/C23H25IN2O5S/c1-13(23(2,3)4)31-20-11-18(24)16(12-25)9-19(20)26-32(29,30)21-10-15(22(27)28)7-8-17(21)14-5-6-14/h7-11,13-14,26H,5-6H2,1-4H3,(H,27,28). The summed E-state index contributed by atoms with van der Waals surface area (Å²) in [7, 11) is -4.14. The van der Waals surface area contributed by atoms with Crippen LogP contribution in [0.3, 0.4) is 0 Å². The van der Waals surface area contributed by atoms with Gasteiger partial charge in [-0.05, 0) is 83.5 Å². The zero-order valence-electron chi connectivity index (χ0n) is 18.3. The minimum Gasteiger partial charge on any atom is -0.488 e. The molecule has 1 unspecified atom stereocenters. The van der Waals surface area contributed by atoms with E-state index in [1.54, 1.807) is 12.1 Å². The summed E-state index contributed by atoms with van der Waals surface area (Å²) >= 11 is 2.01. The summed E-state index contributed by atoms with van der Waals surface area (Å²) in [5, 5.41) is 18.8. The number of nitrogens with one attached hydrogen (secondary N) is 1. The summed E-state index contributed by atoms with van der Waals surface area (Å²) in [6.07, 6.45) is 1.47. The highest BCUT2D eigenvalue weighted by molar-refractivity contribution is 14.1. The predicted octanol–water partition coefficient (Wildman–Crippen LogP) is 5.35. The number of aromatic carboxylic acids is 1. The summed E-state index contributed by atoms with van der Waals surface area (Å²) < 4.78 is 36.1. The molecule has 0 bridgehead atoms. The lowest BCUT2D eigenvalue weighted by atomic mass is 9.90. The number of rotatable bonds is 7. The number of nitriles is 1. The highest BCUT2D eigenvalue weighted by Crippen LogP contribution is 2.44. The molecule has 0 amide bonds. The number of halogens is 1. The lowest BCUT2D eigenvalue weighted by molar-refractivity contribution is 0.0696. The molecule has 170 valence electrons. The summed E-state index contributed by atoms with van der Waals surface area (Å²) in [5.41, 5.74) is 0.734. The van der Waals surface area contributed by atoms with Gasteiger partial charge >= 0.3 is 5.97 Å². The van der Waals surface area contributed by atoms with Crippen molar-refractivity contribution in [2.75, 3.05) is 4.72 Å². The molecule has 1 aliphatic rings. The fourth-order valence-corrected chi connectivity index (χ4v) is 4.96. The second-order valence-electron chi connectivity index (χ2n) is 9.00. The number of carbonyl (C=O) groups is 1. The van der Waals surface area contributed by atoms with Crippen molar-refractivity contribution in [2.45, 2.75) is 57.5 Å². The van der Waals surface area contributed by atoms with Gasteiger partial charge in [-0.3, -0.25) is 4.72 Å². The minimum absolute atomic E-state index is 0.0632. The number of anilines is 1. The zero-order chi connectivity index (χ0) is 23.8. The van der Waals surface area contributed by atoms with E-state index in [2.05, 4.69) is 10.8 Å². The van der Waals surface area contributed by atoms with Crippen molar-refractivity contribution >= 4 is 44.3 Å². The van der Waals surface area contributed by atoms with Gasteiger partial charge in [-0.2, -0.15) is 5.26 Å². The molecule has 1 aliphatic carbocycles. The third kappa shape index (κ3) is 5.35. The van der Waals surface area contributed by atoms with E-state index in [-0.39, 0.29) is 33.6 Å². The van der Waals surface area contributed by atoms with Crippen LogP contribution < -0.4 is 9.46 Å². The van der Waals surface area contributed by atoms with E-state index >= 15 is 0 Å². The Morgan fingerprint density at radius 1 is 1.28 bits per heavy atom. The van der Waals surface area contributed by atoms with Crippen molar-refractivity contribution in [3.8, 4) is 11.8 Å². The molecule has 3 rings (SSSR count). The number of sulfonamides is 1. The van der Waals surface area contributed by atoms with Crippen LogP contribution in [-0.4, -0.2) is 25.6 Å². The van der Waals surface area contributed by atoms with Gasteiger partial charge in [-0.15, -0.1) is 0 Å². The van der Waals surface area contributed by atoms with Crippen LogP contribution >= 0.6 is 22.6 Å². The second-order valence-corrected chi connectivity index (χ2v) is 11.8. The molecule has 1 atom stereocenters. The van der Waals surface area contributed by atoms with Crippen molar-refractivity contribution in [3.05, 3.63) is 50.6 Å². The highest BCUT2D eigenvalue weighted by atomic mass is 127. The van der Waals surface area contributed by atoms with Crippen LogP contribution in [0.25, 0.3) is 0 Å². The summed E-state index contributed by atoms with van der Waals surface area (Å²) in [6, 6.07) is 9.33. The average molecular weight is 568 g/mol. The first-order chi connectivity index (χ1) is 14.8. The van der Waals surface area contributed by atoms with Crippen LogP contribution in [0.1, 0.15) is 67.9 Å². The Labute approximate surface area is 202 Å². The van der Waals surface area contributed by atoms with Crippen LogP contribution in [0.2, 0.25) is 0 Å². The van der Waals surface area contributed by atoms with E-state index in [0.29, 0.717) is 20.4 Å². The molecule has 0 radical (unpaired) electrons. The molecule has 2 aromatic rings. The molecule has 1 fully saturated rings. The van der Waals surface area contributed by atoms with Crippen molar-refractivity contribution in [1.82, 2.24) is 0 Å². The Hall–Kier alpha value is -2.32. The fourth-order valence-electron chi connectivity index (χ4n) is 3.02. The van der Waals surface area contributed by atoms with Crippen molar-refractivity contribution in [2.24, 2.45) is 5.41 Å². The molecule has 2 aromatic carbocycles. The molecule has 0 aromatic heterocycles. The summed E-state index contributed by atoms with van der Waals surface area (Å²) in [4.78, 5) is 11.4.